The molecule has 1 saturated heterocycles. The molecular weight excluding hydrogens is 238 g/mol. The van der Waals surface area contributed by atoms with Gasteiger partial charge in [0.1, 0.15) is 5.82 Å². The molecule has 2 heterocycles. The van der Waals surface area contributed by atoms with E-state index in [-0.39, 0.29) is 0 Å². The van der Waals surface area contributed by atoms with Crippen LogP contribution in [-0.2, 0) is 11.3 Å². The Kier molecular flexibility index (Phi) is 5.61. The summed E-state index contributed by atoms with van der Waals surface area (Å²) in [5.41, 5.74) is 1.28. The van der Waals surface area contributed by atoms with Crippen molar-refractivity contribution >= 4 is 5.82 Å². The number of likely N-dealkylation sites (tertiary alicyclic amines) is 1. The third kappa shape index (κ3) is 4.18. The SMILES string of the molecule is CCCNc1ncccc1CN1CCCC(OC)C1. The van der Waals surface area contributed by atoms with Crippen LogP contribution < -0.4 is 5.32 Å². The highest BCUT2D eigenvalue weighted by molar-refractivity contribution is 5.43. The summed E-state index contributed by atoms with van der Waals surface area (Å²) in [6, 6.07) is 4.19. The number of methoxy groups -OCH3 is 1. The van der Waals surface area contributed by atoms with Gasteiger partial charge >= 0.3 is 0 Å². The van der Waals surface area contributed by atoms with Crippen molar-refractivity contribution in [3.8, 4) is 0 Å². The topological polar surface area (TPSA) is 37.4 Å². The highest BCUT2D eigenvalue weighted by Gasteiger charge is 2.20. The molecule has 2 rings (SSSR count). The average Bonchev–Trinajstić information content (AvgIpc) is 2.46. The number of anilines is 1. The Morgan fingerprint density at radius 3 is 3.21 bits per heavy atom. The summed E-state index contributed by atoms with van der Waals surface area (Å²) in [6.07, 6.45) is 5.76. The van der Waals surface area contributed by atoms with Crippen LogP contribution >= 0.6 is 0 Å². The molecule has 0 spiro atoms. The van der Waals surface area contributed by atoms with Gasteiger partial charge in [0.25, 0.3) is 0 Å². The number of nitrogens with one attached hydrogen (secondary N) is 1. The monoisotopic (exact) mass is 263 g/mol. The molecule has 0 aliphatic carbocycles. The number of piperidine rings is 1. The Hall–Kier alpha value is -1.13. The Labute approximate surface area is 116 Å². The van der Waals surface area contributed by atoms with Crippen LogP contribution in [0.1, 0.15) is 31.7 Å². The summed E-state index contributed by atoms with van der Waals surface area (Å²) in [5, 5.41) is 3.41. The number of hydrogen-bond acceptors (Lipinski definition) is 4. The van der Waals surface area contributed by atoms with Crippen LogP contribution in [0.15, 0.2) is 18.3 Å². The lowest BCUT2D eigenvalue weighted by Gasteiger charge is -2.32. The van der Waals surface area contributed by atoms with Gasteiger partial charge in [0.2, 0.25) is 0 Å². The molecule has 1 aliphatic heterocycles. The zero-order valence-corrected chi connectivity index (χ0v) is 12.1. The number of nitrogens with zero attached hydrogens (tertiary/aromatic N) is 2. The van der Waals surface area contributed by atoms with E-state index in [1.807, 2.05) is 19.4 Å². The van der Waals surface area contributed by atoms with E-state index in [0.29, 0.717) is 6.10 Å². The van der Waals surface area contributed by atoms with Gasteiger partial charge in [-0.25, -0.2) is 4.98 Å². The summed E-state index contributed by atoms with van der Waals surface area (Å²) >= 11 is 0. The van der Waals surface area contributed by atoms with Crippen LogP contribution in [0, 0.1) is 0 Å². The van der Waals surface area contributed by atoms with Gasteiger partial charge < -0.3 is 10.1 Å². The quantitative estimate of drug-likeness (QED) is 0.856. The van der Waals surface area contributed by atoms with E-state index in [2.05, 4.69) is 28.2 Å². The molecule has 1 aromatic rings. The first-order valence-corrected chi connectivity index (χ1v) is 7.26. The van der Waals surface area contributed by atoms with Crippen molar-refractivity contribution in [1.82, 2.24) is 9.88 Å². The van der Waals surface area contributed by atoms with E-state index in [0.717, 1.165) is 38.4 Å². The van der Waals surface area contributed by atoms with Gasteiger partial charge in [-0.05, 0) is 31.9 Å². The maximum atomic E-state index is 5.48. The fourth-order valence-corrected chi connectivity index (χ4v) is 2.56. The second-order valence-corrected chi connectivity index (χ2v) is 5.17. The number of hydrogen-bond donors (Lipinski definition) is 1. The summed E-state index contributed by atoms with van der Waals surface area (Å²) < 4.78 is 5.48. The molecule has 1 aliphatic rings. The van der Waals surface area contributed by atoms with Crippen LogP contribution in [0.3, 0.4) is 0 Å². The molecule has 0 bridgehead atoms. The summed E-state index contributed by atoms with van der Waals surface area (Å²) in [4.78, 5) is 6.92. The van der Waals surface area contributed by atoms with Crippen LogP contribution in [0.5, 0.6) is 0 Å². The van der Waals surface area contributed by atoms with Crippen molar-refractivity contribution < 1.29 is 4.74 Å². The standard InChI is InChI=1S/C15H25N3O/c1-3-8-16-15-13(6-4-9-17-15)11-18-10-5-7-14(12-18)19-2/h4,6,9,14H,3,5,7-8,10-12H2,1-2H3,(H,16,17). The Morgan fingerprint density at radius 2 is 2.42 bits per heavy atom. The Balaban J connectivity index is 1.97. The molecule has 1 atom stereocenters. The molecular formula is C15H25N3O. The van der Waals surface area contributed by atoms with Crippen LogP contribution in [0.4, 0.5) is 5.82 Å². The number of pyridine rings is 1. The van der Waals surface area contributed by atoms with Crippen molar-refractivity contribution in [3.05, 3.63) is 23.9 Å². The average molecular weight is 263 g/mol. The fraction of sp³-hybridized carbons (Fsp3) is 0.667. The lowest BCUT2D eigenvalue weighted by atomic mass is 10.1. The third-order valence-electron chi connectivity index (χ3n) is 3.62. The third-order valence-corrected chi connectivity index (χ3v) is 3.62. The smallest absolute Gasteiger partial charge is 0.130 e. The van der Waals surface area contributed by atoms with Gasteiger partial charge in [-0.15, -0.1) is 0 Å². The lowest BCUT2D eigenvalue weighted by Crippen LogP contribution is -2.38. The van der Waals surface area contributed by atoms with Crippen molar-refractivity contribution in [1.29, 1.82) is 0 Å². The number of aromatic nitrogens is 1. The van der Waals surface area contributed by atoms with Crippen molar-refractivity contribution in [2.24, 2.45) is 0 Å². The zero-order chi connectivity index (χ0) is 13.5. The summed E-state index contributed by atoms with van der Waals surface area (Å²) in [7, 11) is 1.81. The maximum Gasteiger partial charge on any atom is 0.130 e. The normalized spacial score (nSPS) is 20.4. The van der Waals surface area contributed by atoms with Gasteiger partial charge in [-0.3, -0.25) is 4.90 Å². The van der Waals surface area contributed by atoms with Gasteiger partial charge in [-0.1, -0.05) is 13.0 Å². The molecule has 106 valence electrons. The van der Waals surface area contributed by atoms with Crippen molar-refractivity contribution in [3.63, 3.8) is 0 Å². The van der Waals surface area contributed by atoms with Gasteiger partial charge in [0.15, 0.2) is 0 Å². The number of rotatable bonds is 6. The molecule has 4 heteroatoms. The maximum absolute atomic E-state index is 5.48. The molecule has 0 aromatic carbocycles. The Morgan fingerprint density at radius 1 is 1.53 bits per heavy atom. The molecule has 19 heavy (non-hydrogen) atoms. The highest BCUT2D eigenvalue weighted by atomic mass is 16.5. The summed E-state index contributed by atoms with van der Waals surface area (Å²) in [6.45, 7) is 6.29. The van der Waals surface area contributed by atoms with Crippen molar-refractivity contribution in [2.75, 3.05) is 32.1 Å². The minimum absolute atomic E-state index is 0.387. The molecule has 1 unspecified atom stereocenters. The van der Waals surface area contributed by atoms with Crippen molar-refractivity contribution in [2.45, 2.75) is 38.8 Å². The van der Waals surface area contributed by atoms with E-state index < -0.39 is 0 Å². The Bertz CT molecular complexity index is 383. The first-order valence-electron chi connectivity index (χ1n) is 7.26. The van der Waals surface area contributed by atoms with Gasteiger partial charge in [-0.2, -0.15) is 0 Å². The molecule has 1 fully saturated rings. The molecule has 0 radical (unpaired) electrons. The van der Waals surface area contributed by atoms with Crippen LogP contribution in [0.2, 0.25) is 0 Å². The minimum atomic E-state index is 0.387. The second-order valence-electron chi connectivity index (χ2n) is 5.17. The predicted molar refractivity (Wildman–Crippen MR) is 78.3 cm³/mol. The minimum Gasteiger partial charge on any atom is -0.380 e. The molecule has 0 amide bonds. The molecule has 1 N–H and O–H groups in total. The highest BCUT2D eigenvalue weighted by Crippen LogP contribution is 2.19. The van der Waals surface area contributed by atoms with Gasteiger partial charge in [0, 0.05) is 38.5 Å². The second kappa shape index (κ2) is 7.46. The van der Waals surface area contributed by atoms with E-state index in [9.17, 15) is 0 Å². The van der Waals surface area contributed by atoms with Crippen LogP contribution in [0.25, 0.3) is 0 Å². The fourth-order valence-electron chi connectivity index (χ4n) is 2.56. The van der Waals surface area contributed by atoms with E-state index in [4.69, 9.17) is 4.74 Å². The molecule has 4 nitrogen and oxygen atoms in total. The summed E-state index contributed by atoms with van der Waals surface area (Å²) in [5.74, 6) is 1.03. The largest absolute Gasteiger partial charge is 0.380 e. The first-order chi connectivity index (χ1) is 9.33. The van der Waals surface area contributed by atoms with Crippen LogP contribution in [-0.4, -0.2) is 42.7 Å². The van der Waals surface area contributed by atoms with E-state index in [1.165, 1.54) is 18.4 Å². The molecule has 0 saturated carbocycles. The number of ether oxygens (including phenoxy) is 1. The van der Waals surface area contributed by atoms with Gasteiger partial charge in [0.05, 0.1) is 6.10 Å². The lowest BCUT2D eigenvalue weighted by molar-refractivity contribution is 0.0286. The predicted octanol–water partition coefficient (Wildman–Crippen LogP) is 2.51. The van der Waals surface area contributed by atoms with E-state index in [1.54, 1.807) is 0 Å². The molecule has 1 aromatic heterocycles. The first kappa shape index (κ1) is 14.3. The zero-order valence-electron chi connectivity index (χ0n) is 12.1. The van der Waals surface area contributed by atoms with E-state index >= 15 is 0 Å².